The molecule has 1 unspecified atom stereocenters. The summed E-state index contributed by atoms with van der Waals surface area (Å²) in [6.07, 6.45) is 14.3. The standard InChI is InChI=1S/C21H38O4/c1-3-4-6-11-18(22)13-14-19-17(12-15-20(19)23)10-8-5-7-9-16(2)21(24)25/h13-14,16-20,22-23H,3-12,15H2,1-2H3,(H,24,25)/t16?,17-,18-,19+,20+/m0/s1. The number of carbonyl (C=O) groups is 1. The Hall–Kier alpha value is -0.870. The molecule has 1 aliphatic carbocycles. The molecule has 3 N–H and O–H groups in total. The first-order valence-electron chi connectivity index (χ1n) is 10.2. The number of aliphatic hydroxyl groups excluding tert-OH is 2. The fourth-order valence-corrected chi connectivity index (χ4v) is 3.82. The van der Waals surface area contributed by atoms with E-state index < -0.39 is 12.1 Å². The number of aliphatic carboxylic acids is 1. The molecule has 0 aliphatic heterocycles. The maximum atomic E-state index is 10.8. The van der Waals surface area contributed by atoms with Crippen molar-refractivity contribution in [2.24, 2.45) is 17.8 Å². The molecule has 0 radical (unpaired) electrons. The molecule has 5 atom stereocenters. The average Bonchev–Trinajstić information content (AvgIpc) is 2.92. The molecule has 4 heteroatoms. The number of hydrogen-bond donors (Lipinski definition) is 3. The lowest BCUT2D eigenvalue weighted by Gasteiger charge is -2.19. The van der Waals surface area contributed by atoms with Crippen LogP contribution < -0.4 is 0 Å². The molecule has 0 amide bonds. The highest BCUT2D eigenvalue weighted by Crippen LogP contribution is 2.37. The topological polar surface area (TPSA) is 77.8 Å². The minimum absolute atomic E-state index is 0.166. The monoisotopic (exact) mass is 354 g/mol. The molecular formula is C21H38O4. The summed E-state index contributed by atoms with van der Waals surface area (Å²) >= 11 is 0. The zero-order chi connectivity index (χ0) is 18.7. The van der Waals surface area contributed by atoms with E-state index >= 15 is 0 Å². The highest BCUT2D eigenvalue weighted by Gasteiger charge is 2.32. The van der Waals surface area contributed by atoms with Crippen molar-refractivity contribution in [3.63, 3.8) is 0 Å². The van der Waals surface area contributed by atoms with Gasteiger partial charge in [0.2, 0.25) is 0 Å². The van der Waals surface area contributed by atoms with E-state index in [0.29, 0.717) is 5.92 Å². The number of hydrogen-bond acceptors (Lipinski definition) is 3. The zero-order valence-corrected chi connectivity index (χ0v) is 16.1. The fourth-order valence-electron chi connectivity index (χ4n) is 3.82. The van der Waals surface area contributed by atoms with Crippen molar-refractivity contribution in [1.29, 1.82) is 0 Å². The summed E-state index contributed by atoms with van der Waals surface area (Å²) in [5.41, 5.74) is 0. The molecule has 1 aliphatic rings. The first-order valence-corrected chi connectivity index (χ1v) is 10.2. The first-order chi connectivity index (χ1) is 12.0. The molecule has 25 heavy (non-hydrogen) atoms. The van der Waals surface area contributed by atoms with Gasteiger partial charge in [-0.05, 0) is 38.0 Å². The summed E-state index contributed by atoms with van der Waals surface area (Å²) in [6.45, 7) is 3.92. The Kier molecular flexibility index (Phi) is 11.1. The van der Waals surface area contributed by atoms with Gasteiger partial charge in [-0.1, -0.05) is 64.5 Å². The average molecular weight is 355 g/mol. The van der Waals surface area contributed by atoms with Crippen LogP contribution in [0.5, 0.6) is 0 Å². The van der Waals surface area contributed by atoms with Gasteiger partial charge in [-0.3, -0.25) is 4.79 Å². The smallest absolute Gasteiger partial charge is 0.306 e. The summed E-state index contributed by atoms with van der Waals surface area (Å²) in [5.74, 6) is -0.301. The van der Waals surface area contributed by atoms with E-state index in [9.17, 15) is 15.0 Å². The maximum absolute atomic E-state index is 10.8. The third kappa shape index (κ3) is 8.87. The lowest BCUT2D eigenvalue weighted by molar-refractivity contribution is -0.141. The van der Waals surface area contributed by atoms with E-state index in [1.807, 2.05) is 12.2 Å². The van der Waals surface area contributed by atoms with Crippen molar-refractivity contribution in [3.05, 3.63) is 12.2 Å². The number of carboxylic acid groups (broad SMARTS) is 1. The van der Waals surface area contributed by atoms with E-state index in [2.05, 4.69) is 6.92 Å². The SMILES string of the molecule is CCCCC[C@H](O)C=C[C@@H]1[C@@H](CCCCCC(C)C(=O)O)CC[C@H]1O. The third-order valence-corrected chi connectivity index (χ3v) is 5.61. The molecule has 0 saturated heterocycles. The maximum Gasteiger partial charge on any atom is 0.306 e. The minimum Gasteiger partial charge on any atom is -0.481 e. The second kappa shape index (κ2) is 12.5. The van der Waals surface area contributed by atoms with Gasteiger partial charge in [0, 0.05) is 5.92 Å². The lowest BCUT2D eigenvalue weighted by atomic mass is 9.88. The summed E-state index contributed by atoms with van der Waals surface area (Å²) in [5, 5.41) is 29.2. The summed E-state index contributed by atoms with van der Waals surface area (Å²) in [6, 6.07) is 0. The van der Waals surface area contributed by atoms with E-state index in [1.165, 1.54) is 0 Å². The molecule has 0 aromatic rings. The second-order valence-corrected chi connectivity index (χ2v) is 7.81. The predicted octanol–water partition coefficient (Wildman–Crippen LogP) is 4.54. The number of rotatable bonds is 13. The summed E-state index contributed by atoms with van der Waals surface area (Å²) in [4.78, 5) is 10.8. The van der Waals surface area contributed by atoms with Crippen LogP contribution >= 0.6 is 0 Å². The quantitative estimate of drug-likeness (QED) is 0.335. The third-order valence-electron chi connectivity index (χ3n) is 5.61. The highest BCUT2D eigenvalue weighted by atomic mass is 16.4. The molecule has 1 saturated carbocycles. The van der Waals surface area contributed by atoms with Crippen molar-refractivity contribution in [2.45, 2.75) is 96.7 Å². The number of unbranched alkanes of at least 4 members (excludes halogenated alkanes) is 4. The van der Waals surface area contributed by atoms with Crippen molar-refractivity contribution in [2.75, 3.05) is 0 Å². The van der Waals surface area contributed by atoms with E-state index in [-0.39, 0.29) is 17.9 Å². The molecule has 0 spiro atoms. The van der Waals surface area contributed by atoms with Crippen molar-refractivity contribution >= 4 is 5.97 Å². The summed E-state index contributed by atoms with van der Waals surface area (Å²) < 4.78 is 0. The fraction of sp³-hybridized carbons (Fsp3) is 0.857. The molecule has 0 aromatic carbocycles. The van der Waals surface area contributed by atoms with Crippen LogP contribution in [0.4, 0.5) is 0 Å². The predicted molar refractivity (Wildman–Crippen MR) is 101 cm³/mol. The van der Waals surface area contributed by atoms with Crippen molar-refractivity contribution in [1.82, 2.24) is 0 Å². The number of aliphatic hydroxyl groups is 2. The van der Waals surface area contributed by atoms with Gasteiger partial charge in [-0.15, -0.1) is 0 Å². The Morgan fingerprint density at radius 2 is 1.84 bits per heavy atom. The van der Waals surface area contributed by atoms with Crippen LogP contribution in [0, 0.1) is 17.8 Å². The van der Waals surface area contributed by atoms with Gasteiger partial charge in [0.15, 0.2) is 0 Å². The second-order valence-electron chi connectivity index (χ2n) is 7.81. The molecule has 1 rings (SSSR count). The van der Waals surface area contributed by atoms with Crippen LogP contribution in [0.2, 0.25) is 0 Å². The van der Waals surface area contributed by atoms with Gasteiger partial charge < -0.3 is 15.3 Å². The van der Waals surface area contributed by atoms with Gasteiger partial charge in [0.25, 0.3) is 0 Å². The van der Waals surface area contributed by atoms with Crippen LogP contribution in [0.25, 0.3) is 0 Å². The van der Waals surface area contributed by atoms with Crippen molar-refractivity contribution < 1.29 is 20.1 Å². The first kappa shape index (κ1) is 22.2. The largest absolute Gasteiger partial charge is 0.481 e. The van der Waals surface area contributed by atoms with E-state index in [1.54, 1.807) is 6.92 Å². The Balaban J connectivity index is 2.29. The van der Waals surface area contributed by atoms with Crippen LogP contribution in [-0.2, 0) is 4.79 Å². The Morgan fingerprint density at radius 1 is 1.12 bits per heavy atom. The molecule has 0 aromatic heterocycles. The van der Waals surface area contributed by atoms with Gasteiger partial charge >= 0.3 is 5.97 Å². The molecule has 0 bridgehead atoms. The highest BCUT2D eigenvalue weighted by molar-refractivity contribution is 5.69. The zero-order valence-electron chi connectivity index (χ0n) is 16.1. The van der Waals surface area contributed by atoms with Crippen LogP contribution in [-0.4, -0.2) is 33.5 Å². The van der Waals surface area contributed by atoms with Crippen LogP contribution in [0.3, 0.4) is 0 Å². The molecule has 1 fully saturated rings. The normalized spacial score (nSPS) is 26.2. The van der Waals surface area contributed by atoms with Crippen LogP contribution in [0.1, 0.15) is 84.5 Å². The molecule has 146 valence electrons. The number of carboxylic acids is 1. The Bertz CT molecular complexity index is 393. The Labute approximate surface area is 153 Å². The van der Waals surface area contributed by atoms with Gasteiger partial charge in [0.05, 0.1) is 18.1 Å². The lowest BCUT2D eigenvalue weighted by Crippen LogP contribution is -2.17. The molecular weight excluding hydrogens is 316 g/mol. The van der Waals surface area contributed by atoms with E-state index in [0.717, 1.165) is 70.6 Å². The van der Waals surface area contributed by atoms with Crippen molar-refractivity contribution in [3.8, 4) is 0 Å². The minimum atomic E-state index is -0.707. The summed E-state index contributed by atoms with van der Waals surface area (Å²) in [7, 11) is 0. The van der Waals surface area contributed by atoms with Gasteiger partial charge in [-0.25, -0.2) is 0 Å². The Morgan fingerprint density at radius 3 is 2.52 bits per heavy atom. The molecule has 0 heterocycles. The van der Waals surface area contributed by atoms with E-state index in [4.69, 9.17) is 5.11 Å². The van der Waals surface area contributed by atoms with Gasteiger partial charge in [0.1, 0.15) is 0 Å². The van der Waals surface area contributed by atoms with Crippen LogP contribution in [0.15, 0.2) is 12.2 Å². The molecule has 4 nitrogen and oxygen atoms in total. The van der Waals surface area contributed by atoms with Gasteiger partial charge in [-0.2, -0.15) is 0 Å².